The minimum absolute atomic E-state index is 0.333. The summed E-state index contributed by atoms with van der Waals surface area (Å²) in [5.74, 6) is 0.538. The molecule has 1 aromatic heterocycles. The third-order valence-electron chi connectivity index (χ3n) is 4.44. The van der Waals surface area contributed by atoms with Gasteiger partial charge in [0.05, 0.1) is 21.7 Å². The Labute approximate surface area is 177 Å². The van der Waals surface area contributed by atoms with Crippen LogP contribution in [0.15, 0.2) is 59.5 Å². The number of rotatable bonds is 6. The maximum absolute atomic E-state index is 11.1. The summed E-state index contributed by atoms with van der Waals surface area (Å²) < 4.78 is 9.06. The Balaban J connectivity index is 1.54. The summed E-state index contributed by atoms with van der Waals surface area (Å²) in [5, 5.41) is 0.575. The highest BCUT2D eigenvalue weighted by atomic mass is 35.5. The van der Waals surface area contributed by atoms with Crippen LogP contribution in [-0.4, -0.2) is 16.3 Å². The van der Waals surface area contributed by atoms with E-state index in [-0.39, 0.29) is 0 Å². The van der Waals surface area contributed by atoms with Crippen molar-refractivity contribution in [2.24, 2.45) is 0 Å². The number of aromatic amines is 1. The highest BCUT2D eigenvalue weighted by Gasteiger charge is 2.10. The summed E-state index contributed by atoms with van der Waals surface area (Å²) in [7, 11) is 0. The van der Waals surface area contributed by atoms with E-state index in [4.69, 9.17) is 16.3 Å². The largest absolute Gasteiger partial charge is 0.426 e. The Morgan fingerprint density at radius 2 is 1.90 bits per heavy atom. The molecule has 0 radical (unpaired) electrons. The van der Waals surface area contributed by atoms with Gasteiger partial charge >= 0.3 is 0 Å². The Hall–Kier alpha value is -2.96. The van der Waals surface area contributed by atoms with Crippen LogP contribution in [0.3, 0.4) is 0 Å². The molecule has 0 aliphatic rings. The molecule has 0 saturated carbocycles. The fourth-order valence-electron chi connectivity index (χ4n) is 2.77. The number of halogens is 1. The summed E-state index contributed by atoms with van der Waals surface area (Å²) >= 11 is 7.90. The number of nitrogens with one attached hydrogen (secondary N) is 2. The molecule has 0 amide bonds. The molecule has 0 unspecified atom stereocenters. The molecule has 0 fully saturated rings. The number of hydrogen-bond acceptors (Lipinski definition) is 5. The molecule has 0 saturated heterocycles. The molecule has 3 aromatic carbocycles. The normalized spacial score (nSPS) is 10.9. The van der Waals surface area contributed by atoms with E-state index in [1.807, 2.05) is 19.1 Å². The third-order valence-corrected chi connectivity index (χ3v) is 5.58. The molecule has 0 atom stereocenters. The first kappa shape index (κ1) is 19.4. The second-order valence-electron chi connectivity index (χ2n) is 6.65. The van der Waals surface area contributed by atoms with E-state index in [2.05, 4.69) is 45.9 Å². The molecule has 0 aliphatic heterocycles. The summed E-state index contributed by atoms with van der Waals surface area (Å²) in [5.41, 5.74) is 4.94. The van der Waals surface area contributed by atoms with Crippen molar-refractivity contribution in [3.63, 3.8) is 0 Å². The number of H-pyrrole nitrogens is 1. The minimum Gasteiger partial charge on any atom is -0.426 e. The van der Waals surface area contributed by atoms with Crippen LogP contribution >= 0.6 is 23.5 Å². The molecule has 146 valence electrons. The van der Waals surface area contributed by atoms with Crippen LogP contribution < -0.4 is 9.46 Å². The van der Waals surface area contributed by atoms with E-state index >= 15 is 0 Å². The van der Waals surface area contributed by atoms with Crippen molar-refractivity contribution in [3.05, 3.63) is 76.3 Å². The molecule has 0 aliphatic carbocycles. The van der Waals surface area contributed by atoms with E-state index in [0.717, 1.165) is 33.5 Å². The number of fused-ring (bicyclic) bond motifs is 1. The van der Waals surface area contributed by atoms with Gasteiger partial charge in [0.25, 0.3) is 6.01 Å². The lowest BCUT2D eigenvalue weighted by molar-refractivity contribution is 0.112. The SMILES string of the molecule is Cc1ccc(SNc2cc3nc(Oc4ccc(C)c(C=O)c4)[nH]c3cc2Cl)cc1. The maximum atomic E-state index is 11.1. The second-order valence-corrected chi connectivity index (χ2v) is 7.93. The van der Waals surface area contributed by atoms with Crippen molar-refractivity contribution in [1.82, 2.24) is 9.97 Å². The van der Waals surface area contributed by atoms with Crippen molar-refractivity contribution in [2.75, 3.05) is 4.72 Å². The van der Waals surface area contributed by atoms with Crippen molar-refractivity contribution >= 4 is 46.6 Å². The molecule has 0 bridgehead atoms. The van der Waals surface area contributed by atoms with Gasteiger partial charge in [-0.3, -0.25) is 4.79 Å². The van der Waals surface area contributed by atoms with Gasteiger partial charge in [0, 0.05) is 10.5 Å². The summed E-state index contributed by atoms with van der Waals surface area (Å²) in [6.07, 6.45) is 0.810. The second kappa shape index (κ2) is 8.19. The Kier molecular flexibility index (Phi) is 5.47. The highest BCUT2D eigenvalue weighted by molar-refractivity contribution is 8.00. The minimum atomic E-state index is 0.333. The first-order valence-electron chi connectivity index (χ1n) is 8.94. The van der Waals surface area contributed by atoms with Gasteiger partial charge in [0.2, 0.25) is 0 Å². The Bertz CT molecular complexity index is 1190. The molecule has 7 heteroatoms. The average molecular weight is 424 g/mol. The van der Waals surface area contributed by atoms with Crippen LogP contribution in [0, 0.1) is 13.8 Å². The zero-order valence-electron chi connectivity index (χ0n) is 15.8. The molecule has 29 heavy (non-hydrogen) atoms. The number of carbonyl (C=O) groups is 1. The van der Waals surface area contributed by atoms with Crippen molar-refractivity contribution in [1.29, 1.82) is 0 Å². The summed E-state index contributed by atoms with van der Waals surface area (Å²) in [6.45, 7) is 3.93. The average Bonchev–Trinajstić information content (AvgIpc) is 3.09. The van der Waals surface area contributed by atoms with Gasteiger partial charge in [-0.05, 0) is 67.8 Å². The number of nitrogens with zero attached hydrogens (tertiary/aromatic N) is 1. The monoisotopic (exact) mass is 423 g/mol. The van der Waals surface area contributed by atoms with E-state index < -0.39 is 0 Å². The lowest BCUT2D eigenvalue weighted by Crippen LogP contribution is -1.90. The fraction of sp³-hybridized carbons (Fsp3) is 0.0909. The van der Waals surface area contributed by atoms with Crippen molar-refractivity contribution in [3.8, 4) is 11.8 Å². The lowest BCUT2D eigenvalue weighted by atomic mass is 10.1. The zero-order valence-corrected chi connectivity index (χ0v) is 17.4. The van der Waals surface area contributed by atoms with Crippen molar-refractivity contribution < 1.29 is 9.53 Å². The van der Waals surface area contributed by atoms with Crippen molar-refractivity contribution in [2.45, 2.75) is 18.7 Å². The maximum Gasteiger partial charge on any atom is 0.300 e. The molecule has 0 spiro atoms. The van der Waals surface area contributed by atoms with Crippen LogP contribution in [0.25, 0.3) is 11.0 Å². The van der Waals surface area contributed by atoms with Gasteiger partial charge in [-0.15, -0.1) is 0 Å². The molecule has 4 rings (SSSR count). The smallest absolute Gasteiger partial charge is 0.300 e. The van der Waals surface area contributed by atoms with Gasteiger partial charge in [0.15, 0.2) is 0 Å². The Morgan fingerprint density at radius 1 is 1.10 bits per heavy atom. The lowest BCUT2D eigenvalue weighted by Gasteiger charge is -2.07. The predicted molar refractivity (Wildman–Crippen MR) is 118 cm³/mol. The van der Waals surface area contributed by atoms with Crippen LogP contribution in [0.4, 0.5) is 5.69 Å². The third kappa shape index (κ3) is 4.39. The summed E-state index contributed by atoms with van der Waals surface area (Å²) in [6, 6.07) is 17.6. The number of benzene rings is 3. The molecule has 5 nitrogen and oxygen atoms in total. The molecule has 2 N–H and O–H groups in total. The fourth-order valence-corrected chi connectivity index (χ4v) is 3.71. The van der Waals surface area contributed by atoms with E-state index in [1.54, 1.807) is 18.2 Å². The number of aromatic nitrogens is 2. The predicted octanol–water partition coefficient (Wildman–Crippen LogP) is 6.56. The van der Waals surface area contributed by atoms with Crippen LogP contribution in [-0.2, 0) is 0 Å². The van der Waals surface area contributed by atoms with E-state index in [9.17, 15) is 4.79 Å². The number of carbonyl (C=O) groups excluding carboxylic acids is 1. The quantitative estimate of drug-likeness (QED) is 0.271. The first-order chi connectivity index (χ1) is 14.0. The number of aryl methyl sites for hydroxylation is 2. The number of imidazole rings is 1. The van der Waals surface area contributed by atoms with Crippen LogP contribution in [0.5, 0.6) is 11.8 Å². The molecular weight excluding hydrogens is 406 g/mol. The molecule has 4 aromatic rings. The number of hydrogen-bond donors (Lipinski definition) is 2. The first-order valence-corrected chi connectivity index (χ1v) is 10.1. The van der Waals surface area contributed by atoms with Gasteiger partial charge < -0.3 is 14.4 Å². The van der Waals surface area contributed by atoms with Gasteiger partial charge in [-0.2, -0.15) is 4.98 Å². The highest BCUT2D eigenvalue weighted by Crippen LogP contribution is 2.32. The number of aldehydes is 1. The topological polar surface area (TPSA) is 67.0 Å². The standard InChI is InChI=1S/C22H18ClN3O2S/c1-13-3-7-17(8-4-13)29-26-19-11-21-20(10-18(19)23)24-22(25-21)28-16-6-5-14(2)15(9-16)12-27/h3-12,26H,1-2H3,(H,24,25). The Morgan fingerprint density at radius 3 is 2.66 bits per heavy atom. The van der Waals surface area contributed by atoms with Crippen LogP contribution in [0.2, 0.25) is 5.02 Å². The molecule has 1 heterocycles. The molecular formula is C22H18ClN3O2S. The van der Waals surface area contributed by atoms with Crippen LogP contribution in [0.1, 0.15) is 21.5 Å². The van der Waals surface area contributed by atoms with E-state index in [1.165, 1.54) is 17.5 Å². The summed E-state index contributed by atoms with van der Waals surface area (Å²) in [4.78, 5) is 19.8. The number of ether oxygens (including phenoxy) is 1. The zero-order chi connectivity index (χ0) is 20.4. The van der Waals surface area contributed by atoms with Gasteiger partial charge in [0.1, 0.15) is 12.0 Å². The van der Waals surface area contributed by atoms with Gasteiger partial charge in [-0.1, -0.05) is 35.4 Å². The number of anilines is 1. The van der Waals surface area contributed by atoms with Gasteiger partial charge in [-0.25, -0.2) is 0 Å². The van der Waals surface area contributed by atoms with E-state index in [0.29, 0.717) is 22.3 Å².